The Morgan fingerprint density at radius 3 is 2.67 bits per heavy atom. The van der Waals surface area contributed by atoms with Crippen LogP contribution in [-0.2, 0) is 0 Å². The molecule has 2 N–H and O–H groups in total. The average molecular weight is 250 g/mol. The lowest BCUT2D eigenvalue weighted by molar-refractivity contribution is 0.0952. The third kappa shape index (κ3) is 4.11. The number of carbonyl (C=O) groups excluding carboxylic acids is 1. The Balaban J connectivity index is 2.75. The molecule has 18 heavy (non-hydrogen) atoms. The average Bonchev–Trinajstić information content (AvgIpc) is 2.28. The van der Waals surface area contributed by atoms with E-state index in [0.717, 1.165) is 0 Å². The standard InChI is InChI=1S/C14H22N2O2/c1-5-18-11-6-10(8-16-9-11)12(17)7-13(15)14(2,3)4/h6,8-9,13H,5,7,15H2,1-4H3. The van der Waals surface area contributed by atoms with Crippen molar-refractivity contribution in [3.8, 4) is 5.75 Å². The molecule has 4 nitrogen and oxygen atoms in total. The molecule has 0 radical (unpaired) electrons. The van der Waals surface area contributed by atoms with E-state index in [9.17, 15) is 4.79 Å². The molecule has 1 heterocycles. The lowest BCUT2D eigenvalue weighted by Gasteiger charge is -2.26. The van der Waals surface area contributed by atoms with Crippen molar-refractivity contribution >= 4 is 5.78 Å². The van der Waals surface area contributed by atoms with Gasteiger partial charge in [0, 0.05) is 24.2 Å². The fourth-order valence-corrected chi connectivity index (χ4v) is 1.44. The fourth-order valence-electron chi connectivity index (χ4n) is 1.44. The molecule has 0 bridgehead atoms. The summed E-state index contributed by atoms with van der Waals surface area (Å²) in [4.78, 5) is 16.1. The van der Waals surface area contributed by atoms with Crippen LogP contribution in [0.15, 0.2) is 18.5 Å². The Kier molecular flexibility index (Phi) is 4.84. The number of nitrogens with two attached hydrogens (primary N) is 1. The van der Waals surface area contributed by atoms with Crippen molar-refractivity contribution in [1.29, 1.82) is 0 Å². The van der Waals surface area contributed by atoms with E-state index in [1.165, 1.54) is 0 Å². The maximum atomic E-state index is 12.1. The first-order valence-corrected chi connectivity index (χ1v) is 6.21. The van der Waals surface area contributed by atoms with Crippen LogP contribution in [0.4, 0.5) is 0 Å². The number of rotatable bonds is 5. The van der Waals surface area contributed by atoms with Crippen molar-refractivity contribution in [2.75, 3.05) is 6.61 Å². The van der Waals surface area contributed by atoms with Gasteiger partial charge in [-0.15, -0.1) is 0 Å². The van der Waals surface area contributed by atoms with Gasteiger partial charge in [0.1, 0.15) is 5.75 Å². The van der Waals surface area contributed by atoms with Gasteiger partial charge in [0.25, 0.3) is 0 Å². The van der Waals surface area contributed by atoms with E-state index in [1.807, 2.05) is 27.7 Å². The van der Waals surface area contributed by atoms with E-state index in [1.54, 1.807) is 18.5 Å². The molecule has 100 valence electrons. The third-order valence-corrected chi connectivity index (χ3v) is 2.86. The van der Waals surface area contributed by atoms with Crippen LogP contribution in [0.3, 0.4) is 0 Å². The number of ether oxygens (including phenoxy) is 1. The summed E-state index contributed by atoms with van der Waals surface area (Å²) in [6, 6.07) is 1.55. The quantitative estimate of drug-likeness (QED) is 0.815. The zero-order chi connectivity index (χ0) is 13.8. The van der Waals surface area contributed by atoms with Gasteiger partial charge in [-0.3, -0.25) is 9.78 Å². The summed E-state index contributed by atoms with van der Waals surface area (Å²) in [5, 5.41) is 0. The molecule has 1 aromatic rings. The third-order valence-electron chi connectivity index (χ3n) is 2.86. The number of Topliss-reactive ketones (excluding diaryl/α,β-unsaturated/α-hetero) is 1. The Morgan fingerprint density at radius 2 is 2.11 bits per heavy atom. The number of ketones is 1. The van der Waals surface area contributed by atoms with Gasteiger partial charge in [0.05, 0.1) is 12.8 Å². The van der Waals surface area contributed by atoms with Crippen molar-refractivity contribution in [2.24, 2.45) is 11.1 Å². The van der Waals surface area contributed by atoms with Gasteiger partial charge in [-0.25, -0.2) is 0 Å². The topological polar surface area (TPSA) is 65.2 Å². The second kappa shape index (κ2) is 5.96. The minimum absolute atomic E-state index is 0.00600. The smallest absolute Gasteiger partial charge is 0.166 e. The van der Waals surface area contributed by atoms with Crippen molar-refractivity contribution in [3.63, 3.8) is 0 Å². The van der Waals surface area contributed by atoms with Crippen molar-refractivity contribution in [3.05, 3.63) is 24.0 Å². The maximum absolute atomic E-state index is 12.1. The summed E-state index contributed by atoms with van der Waals surface area (Å²) in [5.41, 5.74) is 6.49. The van der Waals surface area contributed by atoms with Crippen molar-refractivity contribution < 1.29 is 9.53 Å². The highest BCUT2D eigenvalue weighted by Gasteiger charge is 2.23. The lowest BCUT2D eigenvalue weighted by Crippen LogP contribution is -2.37. The molecule has 0 fully saturated rings. The highest BCUT2D eigenvalue weighted by atomic mass is 16.5. The fraction of sp³-hybridized carbons (Fsp3) is 0.571. The van der Waals surface area contributed by atoms with Crippen molar-refractivity contribution in [2.45, 2.75) is 40.2 Å². The van der Waals surface area contributed by atoms with E-state index in [2.05, 4.69) is 4.98 Å². The summed E-state index contributed by atoms with van der Waals surface area (Å²) < 4.78 is 5.32. The molecule has 0 aliphatic carbocycles. The molecule has 1 unspecified atom stereocenters. The molecule has 0 aliphatic rings. The molecule has 0 aromatic carbocycles. The molecule has 0 saturated carbocycles. The Labute approximate surface area is 109 Å². The predicted molar refractivity (Wildman–Crippen MR) is 71.8 cm³/mol. The molecule has 1 aromatic heterocycles. The summed E-state index contributed by atoms with van der Waals surface area (Å²) >= 11 is 0. The SMILES string of the molecule is CCOc1cncc(C(=O)CC(N)C(C)(C)C)c1. The molecule has 0 spiro atoms. The number of carbonyl (C=O) groups is 1. The molecule has 4 heteroatoms. The molecule has 1 atom stereocenters. The van der Waals surface area contributed by atoms with E-state index >= 15 is 0 Å². The Bertz CT molecular complexity index is 411. The summed E-state index contributed by atoms with van der Waals surface area (Å²) in [6.07, 6.45) is 3.48. The highest BCUT2D eigenvalue weighted by Crippen LogP contribution is 2.22. The molecule has 0 amide bonds. The second-order valence-electron chi connectivity index (χ2n) is 5.44. The predicted octanol–water partition coefficient (Wildman–Crippen LogP) is 2.43. The number of aromatic nitrogens is 1. The van der Waals surface area contributed by atoms with E-state index in [-0.39, 0.29) is 17.2 Å². The van der Waals surface area contributed by atoms with Crippen molar-refractivity contribution in [1.82, 2.24) is 4.98 Å². The van der Waals surface area contributed by atoms with Gasteiger partial charge < -0.3 is 10.5 Å². The number of nitrogens with zero attached hydrogens (tertiary/aromatic N) is 1. The van der Waals surface area contributed by atoms with Crippen LogP contribution in [0.5, 0.6) is 5.75 Å². The first kappa shape index (κ1) is 14.6. The number of hydrogen-bond donors (Lipinski definition) is 1. The minimum atomic E-state index is -0.166. The van der Waals surface area contributed by atoms with Crippen LogP contribution >= 0.6 is 0 Å². The van der Waals surface area contributed by atoms with E-state index in [4.69, 9.17) is 10.5 Å². The van der Waals surface area contributed by atoms with Crippen LogP contribution in [0.2, 0.25) is 0 Å². The lowest BCUT2D eigenvalue weighted by atomic mass is 9.84. The molecule has 0 aliphatic heterocycles. The summed E-state index contributed by atoms with van der Waals surface area (Å²) in [5.74, 6) is 0.624. The van der Waals surface area contributed by atoms with Gasteiger partial charge in [-0.1, -0.05) is 20.8 Å². The Morgan fingerprint density at radius 1 is 1.44 bits per heavy atom. The molecular weight excluding hydrogens is 228 g/mol. The van der Waals surface area contributed by atoms with Crippen LogP contribution in [0.25, 0.3) is 0 Å². The van der Waals surface area contributed by atoms with E-state index in [0.29, 0.717) is 24.3 Å². The van der Waals surface area contributed by atoms with Crippen LogP contribution < -0.4 is 10.5 Å². The van der Waals surface area contributed by atoms with E-state index < -0.39 is 0 Å². The number of hydrogen-bond acceptors (Lipinski definition) is 4. The van der Waals surface area contributed by atoms with Crippen LogP contribution in [0, 0.1) is 5.41 Å². The van der Waals surface area contributed by atoms with Gasteiger partial charge in [-0.2, -0.15) is 0 Å². The summed E-state index contributed by atoms with van der Waals surface area (Å²) in [7, 11) is 0. The second-order valence-corrected chi connectivity index (χ2v) is 5.44. The number of pyridine rings is 1. The van der Waals surface area contributed by atoms with Gasteiger partial charge in [0.2, 0.25) is 0 Å². The van der Waals surface area contributed by atoms with Gasteiger partial charge in [0.15, 0.2) is 5.78 Å². The van der Waals surface area contributed by atoms with Crippen LogP contribution in [-0.4, -0.2) is 23.4 Å². The van der Waals surface area contributed by atoms with Gasteiger partial charge in [-0.05, 0) is 18.4 Å². The monoisotopic (exact) mass is 250 g/mol. The van der Waals surface area contributed by atoms with Gasteiger partial charge >= 0.3 is 0 Å². The Hall–Kier alpha value is -1.42. The molecular formula is C14H22N2O2. The molecule has 1 rings (SSSR count). The first-order chi connectivity index (χ1) is 8.34. The largest absolute Gasteiger partial charge is 0.492 e. The highest BCUT2D eigenvalue weighted by molar-refractivity contribution is 5.96. The zero-order valence-corrected chi connectivity index (χ0v) is 11.6. The first-order valence-electron chi connectivity index (χ1n) is 6.21. The minimum Gasteiger partial charge on any atom is -0.492 e. The zero-order valence-electron chi connectivity index (χ0n) is 11.6. The normalized spacial score (nSPS) is 13.2. The van der Waals surface area contributed by atoms with Crippen LogP contribution in [0.1, 0.15) is 44.5 Å². The maximum Gasteiger partial charge on any atom is 0.166 e. The molecule has 0 saturated heterocycles. The summed E-state index contributed by atoms with van der Waals surface area (Å²) in [6.45, 7) is 8.53.